The van der Waals surface area contributed by atoms with Crippen LogP contribution in [0.1, 0.15) is 19.8 Å². The van der Waals surface area contributed by atoms with E-state index >= 15 is 0 Å². The van der Waals surface area contributed by atoms with Gasteiger partial charge in [0.25, 0.3) is 0 Å². The molecule has 2 nitrogen and oxygen atoms in total. The van der Waals surface area contributed by atoms with Crippen molar-refractivity contribution in [3.8, 4) is 0 Å². The van der Waals surface area contributed by atoms with Crippen molar-refractivity contribution in [1.29, 1.82) is 0 Å². The number of unbranched alkanes of at least 4 members (excludes halogenated alkanes) is 1. The molecule has 0 unspecified atom stereocenters. The van der Waals surface area contributed by atoms with Gasteiger partial charge in [0.15, 0.2) is 0 Å². The van der Waals surface area contributed by atoms with E-state index in [1.165, 1.54) is 12.3 Å². The van der Waals surface area contributed by atoms with Gasteiger partial charge < -0.3 is 4.90 Å². The molecule has 0 radical (unpaired) electrons. The van der Waals surface area contributed by atoms with E-state index in [1.807, 2.05) is 0 Å². The number of hydrogen-bond acceptors (Lipinski definition) is 2. The number of aromatic nitrogens is 1. The molecule has 0 N–H and O–H groups in total. The molecule has 1 rings (SSSR count). The molecule has 0 atom stereocenters. The molecule has 0 saturated heterocycles. The van der Waals surface area contributed by atoms with Gasteiger partial charge in [-0.15, -0.1) is 11.6 Å². The molecule has 0 aliphatic rings. The number of halogens is 2. The van der Waals surface area contributed by atoms with Crippen LogP contribution in [0.5, 0.6) is 0 Å². The Kier molecular flexibility index (Phi) is 5.40. The molecule has 84 valence electrons. The van der Waals surface area contributed by atoms with Crippen molar-refractivity contribution in [3.63, 3.8) is 0 Å². The zero-order valence-corrected chi connectivity index (χ0v) is 9.67. The van der Waals surface area contributed by atoms with Crippen LogP contribution < -0.4 is 4.90 Å². The largest absolute Gasteiger partial charge is 0.355 e. The molecule has 0 amide bonds. The summed E-state index contributed by atoms with van der Waals surface area (Å²) in [6.07, 6.45) is 3.46. The van der Waals surface area contributed by atoms with E-state index in [9.17, 15) is 4.39 Å². The molecule has 4 heteroatoms. The normalized spacial score (nSPS) is 10.3. The van der Waals surface area contributed by atoms with E-state index in [-0.39, 0.29) is 5.82 Å². The first-order valence-electron chi connectivity index (χ1n) is 5.20. The molecule has 0 spiro atoms. The minimum absolute atomic E-state index is 0.305. The first-order valence-corrected chi connectivity index (χ1v) is 5.74. The maximum Gasteiger partial charge on any atom is 0.141 e. The second-order valence-electron chi connectivity index (χ2n) is 3.36. The predicted octanol–water partition coefficient (Wildman–Crippen LogP) is 3.07. The molecule has 0 aromatic carbocycles. The molecule has 0 aliphatic heterocycles. The van der Waals surface area contributed by atoms with Gasteiger partial charge in [0.2, 0.25) is 0 Å². The van der Waals surface area contributed by atoms with Crippen molar-refractivity contribution in [3.05, 3.63) is 24.1 Å². The van der Waals surface area contributed by atoms with Crippen LogP contribution in [0.25, 0.3) is 0 Å². The third kappa shape index (κ3) is 4.04. The van der Waals surface area contributed by atoms with Crippen LogP contribution >= 0.6 is 11.6 Å². The van der Waals surface area contributed by atoms with Crippen molar-refractivity contribution < 1.29 is 4.39 Å². The average molecular weight is 231 g/mol. The molecule has 1 heterocycles. The highest BCUT2D eigenvalue weighted by atomic mass is 35.5. The van der Waals surface area contributed by atoms with Crippen LogP contribution in [0.15, 0.2) is 18.3 Å². The van der Waals surface area contributed by atoms with Crippen molar-refractivity contribution in [2.75, 3.05) is 23.9 Å². The van der Waals surface area contributed by atoms with Crippen molar-refractivity contribution in [2.45, 2.75) is 19.8 Å². The standard InChI is InChI=1S/C11H16ClFN2/c1-2-3-7-15(8-6-12)11-5-4-10(13)9-14-11/h4-5,9H,2-3,6-8H2,1H3. The molecular formula is C11H16ClFN2. The number of hydrogen-bond donors (Lipinski definition) is 0. The minimum Gasteiger partial charge on any atom is -0.355 e. The quantitative estimate of drug-likeness (QED) is 0.699. The van der Waals surface area contributed by atoms with Gasteiger partial charge in [-0.05, 0) is 18.6 Å². The molecule has 0 saturated carbocycles. The lowest BCUT2D eigenvalue weighted by Crippen LogP contribution is -2.27. The Hall–Kier alpha value is -0.830. The molecule has 0 bridgehead atoms. The number of rotatable bonds is 6. The smallest absolute Gasteiger partial charge is 0.141 e. The lowest BCUT2D eigenvalue weighted by Gasteiger charge is -2.22. The monoisotopic (exact) mass is 230 g/mol. The molecule has 0 aliphatic carbocycles. The molecule has 0 fully saturated rings. The van der Waals surface area contributed by atoms with E-state index in [2.05, 4.69) is 16.8 Å². The summed E-state index contributed by atoms with van der Waals surface area (Å²) in [5.74, 6) is 1.05. The fourth-order valence-electron chi connectivity index (χ4n) is 1.35. The summed E-state index contributed by atoms with van der Waals surface area (Å²) in [6.45, 7) is 3.80. The Morgan fingerprint density at radius 3 is 2.73 bits per heavy atom. The Morgan fingerprint density at radius 1 is 1.40 bits per heavy atom. The summed E-state index contributed by atoms with van der Waals surface area (Å²) < 4.78 is 12.7. The van der Waals surface area contributed by atoms with Gasteiger partial charge in [0, 0.05) is 19.0 Å². The van der Waals surface area contributed by atoms with Crippen LogP contribution in [0.2, 0.25) is 0 Å². The van der Waals surface area contributed by atoms with Crippen LogP contribution in [-0.4, -0.2) is 24.0 Å². The summed E-state index contributed by atoms with van der Waals surface area (Å²) in [6, 6.07) is 3.12. The summed E-state index contributed by atoms with van der Waals surface area (Å²) in [5.41, 5.74) is 0. The zero-order valence-electron chi connectivity index (χ0n) is 8.92. The Labute approximate surface area is 95.1 Å². The van der Waals surface area contributed by atoms with Gasteiger partial charge in [0.1, 0.15) is 11.6 Å². The second-order valence-corrected chi connectivity index (χ2v) is 3.74. The highest BCUT2D eigenvalue weighted by Gasteiger charge is 2.06. The molecule has 1 aromatic rings. The van der Waals surface area contributed by atoms with E-state index < -0.39 is 0 Å². The van der Waals surface area contributed by atoms with Crippen molar-refractivity contribution in [2.24, 2.45) is 0 Å². The van der Waals surface area contributed by atoms with Crippen LogP contribution in [0.4, 0.5) is 10.2 Å². The Morgan fingerprint density at radius 2 is 2.20 bits per heavy atom. The van der Waals surface area contributed by atoms with Gasteiger partial charge in [0.05, 0.1) is 6.20 Å². The number of anilines is 1. The lowest BCUT2D eigenvalue weighted by atomic mass is 10.3. The van der Waals surface area contributed by atoms with Gasteiger partial charge in [-0.25, -0.2) is 9.37 Å². The highest BCUT2D eigenvalue weighted by Crippen LogP contribution is 2.11. The highest BCUT2D eigenvalue weighted by molar-refractivity contribution is 6.18. The van der Waals surface area contributed by atoms with Crippen LogP contribution in [0, 0.1) is 5.82 Å². The number of pyridine rings is 1. The van der Waals surface area contributed by atoms with Gasteiger partial charge in [-0.3, -0.25) is 0 Å². The van der Waals surface area contributed by atoms with Crippen molar-refractivity contribution >= 4 is 17.4 Å². The van der Waals surface area contributed by atoms with Gasteiger partial charge >= 0.3 is 0 Å². The van der Waals surface area contributed by atoms with E-state index in [0.717, 1.165) is 31.7 Å². The Balaban J connectivity index is 2.65. The van der Waals surface area contributed by atoms with E-state index in [4.69, 9.17) is 11.6 Å². The first-order chi connectivity index (χ1) is 7.27. The maximum atomic E-state index is 12.7. The molecule has 1 aromatic heterocycles. The maximum absolute atomic E-state index is 12.7. The number of nitrogens with zero attached hydrogens (tertiary/aromatic N) is 2. The van der Waals surface area contributed by atoms with Crippen molar-refractivity contribution in [1.82, 2.24) is 4.98 Å². The van der Waals surface area contributed by atoms with Crippen LogP contribution in [0.3, 0.4) is 0 Å². The predicted molar refractivity (Wildman–Crippen MR) is 62.0 cm³/mol. The number of alkyl halides is 1. The third-order valence-corrected chi connectivity index (χ3v) is 2.34. The van der Waals surface area contributed by atoms with Gasteiger partial charge in [-0.2, -0.15) is 0 Å². The lowest BCUT2D eigenvalue weighted by molar-refractivity contribution is 0.619. The second kappa shape index (κ2) is 6.62. The summed E-state index contributed by atoms with van der Waals surface area (Å²) in [4.78, 5) is 6.12. The zero-order chi connectivity index (χ0) is 11.1. The van der Waals surface area contributed by atoms with Gasteiger partial charge in [-0.1, -0.05) is 13.3 Å². The summed E-state index contributed by atoms with van der Waals surface area (Å²) >= 11 is 5.71. The fraction of sp³-hybridized carbons (Fsp3) is 0.545. The Bertz CT molecular complexity index is 276. The molecule has 15 heavy (non-hydrogen) atoms. The summed E-state index contributed by atoms with van der Waals surface area (Å²) in [5, 5.41) is 0. The topological polar surface area (TPSA) is 16.1 Å². The fourth-order valence-corrected chi connectivity index (χ4v) is 1.55. The average Bonchev–Trinajstić information content (AvgIpc) is 2.25. The van der Waals surface area contributed by atoms with Crippen LogP contribution in [-0.2, 0) is 0 Å². The SMILES string of the molecule is CCCCN(CCCl)c1ccc(F)cn1. The first kappa shape index (κ1) is 12.2. The third-order valence-electron chi connectivity index (χ3n) is 2.17. The van der Waals surface area contributed by atoms with E-state index in [0.29, 0.717) is 5.88 Å². The summed E-state index contributed by atoms with van der Waals surface area (Å²) in [7, 11) is 0. The molecular weight excluding hydrogens is 215 g/mol. The minimum atomic E-state index is -0.305. The van der Waals surface area contributed by atoms with E-state index in [1.54, 1.807) is 6.07 Å².